The molecule has 3 N–H and O–H groups in total. The minimum atomic E-state index is 0. The first-order valence-corrected chi connectivity index (χ1v) is 7.89. The lowest BCUT2D eigenvalue weighted by Crippen LogP contribution is -2.35. The first kappa shape index (κ1) is 16.3. The zero-order valence-corrected chi connectivity index (χ0v) is 14.3. The highest BCUT2D eigenvalue weighted by molar-refractivity contribution is 6.05. The van der Waals surface area contributed by atoms with Crippen molar-refractivity contribution in [2.24, 2.45) is 5.73 Å². The van der Waals surface area contributed by atoms with Gasteiger partial charge in [-0.3, -0.25) is 5.41 Å². The van der Waals surface area contributed by atoms with Crippen LogP contribution in [0.25, 0.3) is 21.9 Å². The number of hydrogen-bond donors (Lipinski definition) is 2. The molecule has 4 heteroatoms. The molecule has 4 rings (SSSR count). The van der Waals surface area contributed by atoms with Crippen molar-refractivity contribution in [3.63, 3.8) is 0 Å². The van der Waals surface area contributed by atoms with Gasteiger partial charge >= 0.3 is 0 Å². The fraction of sp³-hybridized carbons (Fsp3) is 0.150. The molecule has 0 saturated carbocycles. The van der Waals surface area contributed by atoms with Crippen LogP contribution >= 0.6 is 12.4 Å². The molecule has 122 valence electrons. The first-order chi connectivity index (χ1) is 11.2. The second-order valence-electron chi connectivity index (χ2n) is 6.16. The van der Waals surface area contributed by atoms with Gasteiger partial charge in [-0.05, 0) is 33.5 Å². The molecular formula is C20H20ClN3. The van der Waals surface area contributed by atoms with E-state index in [1.54, 1.807) is 0 Å². The molecule has 24 heavy (non-hydrogen) atoms. The molecule has 0 saturated heterocycles. The Bertz CT molecular complexity index is 905. The van der Waals surface area contributed by atoms with Gasteiger partial charge in [-0.2, -0.15) is 0 Å². The molecule has 3 nitrogen and oxygen atoms in total. The van der Waals surface area contributed by atoms with E-state index >= 15 is 0 Å². The van der Waals surface area contributed by atoms with E-state index in [2.05, 4.69) is 61.5 Å². The molecule has 0 amide bonds. The number of halogens is 1. The zero-order chi connectivity index (χ0) is 16.0. The van der Waals surface area contributed by atoms with Gasteiger partial charge < -0.3 is 10.6 Å². The number of benzene rings is 3. The largest absolute Gasteiger partial charge is 0.370 e. The van der Waals surface area contributed by atoms with Crippen LogP contribution in [0.1, 0.15) is 18.4 Å². The van der Waals surface area contributed by atoms with E-state index in [0.29, 0.717) is 5.92 Å². The number of fused-ring (bicyclic) bond motifs is 3. The molecule has 0 spiro atoms. The van der Waals surface area contributed by atoms with Gasteiger partial charge in [-0.15, -0.1) is 12.4 Å². The van der Waals surface area contributed by atoms with E-state index in [1.807, 2.05) is 11.0 Å². The number of guanidine groups is 1. The van der Waals surface area contributed by atoms with E-state index < -0.39 is 0 Å². The van der Waals surface area contributed by atoms with Crippen molar-refractivity contribution in [3.8, 4) is 11.1 Å². The Hall–Kier alpha value is -2.52. The lowest BCUT2D eigenvalue weighted by atomic mass is 9.91. The summed E-state index contributed by atoms with van der Waals surface area (Å²) in [5.74, 6) is 0.484. The number of anilines is 1. The molecule has 0 fully saturated rings. The average Bonchev–Trinajstić information content (AvgIpc) is 2.93. The molecular weight excluding hydrogens is 318 g/mol. The van der Waals surface area contributed by atoms with E-state index in [0.717, 1.165) is 12.2 Å². The summed E-state index contributed by atoms with van der Waals surface area (Å²) >= 11 is 0. The van der Waals surface area contributed by atoms with E-state index in [-0.39, 0.29) is 18.4 Å². The Kier molecular flexibility index (Phi) is 4.20. The van der Waals surface area contributed by atoms with Gasteiger partial charge in [0.25, 0.3) is 0 Å². The number of nitrogens with one attached hydrogen (secondary N) is 1. The highest BCUT2D eigenvalue weighted by atomic mass is 35.5. The molecule has 1 aliphatic rings. The molecule has 1 heterocycles. The third-order valence-corrected chi connectivity index (χ3v) is 4.70. The monoisotopic (exact) mass is 337 g/mol. The molecule has 1 atom stereocenters. The minimum absolute atomic E-state index is 0. The summed E-state index contributed by atoms with van der Waals surface area (Å²) in [5.41, 5.74) is 10.6. The van der Waals surface area contributed by atoms with Crippen molar-refractivity contribution in [2.45, 2.75) is 12.8 Å². The van der Waals surface area contributed by atoms with Crippen LogP contribution < -0.4 is 10.6 Å². The fourth-order valence-electron chi connectivity index (χ4n) is 3.68. The summed E-state index contributed by atoms with van der Waals surface area (Å²) in [5, 5.41) is 10.3. The van der Waals surface area contributed by atoms with E-state index in [1.165, 1.54) is 27.5 Å². The third-order valence-electron chi connectivity index (χ3n) is 4.70. The Morgan fingerprint density at radius 2 is 1.75 bits per heavy atom. The Morgan fingerprint density at radius 1 is 1.00 bits per heavy atom. The van der Waals surface area contributed by atoms with Gasteiger partial charge in [0, 0.05) is 18.2 Å². The van der Waals surface area contributed by atoms with Gasteiger partial charge in [-0.1, -0.05) is 61.5 Å². The Morgan fingerprint density at radius 3 is 2.46 bits per heavy atom. The van der Waals surface area contributed by atoms with Gasteiger partial charge in [0.15, 0.2) is 5.96 Å². The lowest BCUT2D eigenvalue weighted by Gasteiger charge is -2.17. The molecule has 0 aromatic heterocycles. The number of hydrogen-bond acceptors (Lipinski definition) is 1. The maximum Gasteiger partial charge on any atom is 0.192 e. The van der Waals surface area contributed by atoms with Crippen LogP contribution in [0.3, 0.4) is 0 Å². The standard InChI is InChI=1S/C20H19N3.ClH/c1-13-12-23(20(21)22)18-11-10-16-15(14-6-3-2-4-7-14)8-5-9-17(16)19(13)18;/h2-11,13H,12H2,1H3,(H3,21,22);1H. The Labute approximate surface area is 148 Å². The SMILES string of the molecule is CC1CN(C(=N)N)c2ccc3c(-c4ccccc4)cccc3c21.Cl. The van der Waals surface area contributed by atoms with Crippen molar-refractivity contribution in [3.05, 3.63) is 66.2 Å². The van der Waals surface area contributed by atoms with Gasteiger partial charge in [-0.25, -0.2) is 0 Å². The third kappa shape index (κ3) is 2.42. The fourth-order valence-corrected chi connectivity index (χ4v) is 3.68. The number of nitrogens with zero attached hydrogens (tertiary/aromatic N) is 1. The normalized spacial score (nSPS) is 15.9. The zero-order valence-electron chi connectivity index (χ0n) is 13.5. The van der Waals surface area contributed by atoms with Crippen molar-refractivity contribution >= 4 is 34.8 Å². The van der Waals surface area contributed by atoms with Crippen LogP contribution in [0.2, 0.25) is 0 Å². The highest BCUT2D eigenvalue weighted by Gasteiger charge is 2.29. The molecule has 1 aliphatic heterocycles. The topological polar surface area (TPSA) is 53.1 Å². The number of nitrogens with two attached hydrogens (primary N) is 1. The molecule has 0 bridgehead atoms. The second kappa shape index (κ2) is 6.17. The van der Waals surface area contributed by atoms with Crippen molar-refractivity contribution in [1.29, 1.82) is 5.41 Å². The molecule has 3 aromatic rings. The quantitative estimate of drug-likeness (QED) is 0.497. The summed E-state index contributed by atoms with van der Waals surface area (Å²) in [7, 11) is 0. The highest BCUT2D eigenvalue weighted by Crippen LogP contribution is 2.42. The molecule has 0 aliphatic carbocycles. The van der Waals surface area contributed by atoms with E-state index in [4.69, 9.17) is 11.1 Å². The minimum Gasteiger partial charge on any atom is -0.370 e. The summed E-state index contributed by atoms with van der Waals surface area (Å²) in [4.78, 5) is 1.90. The maximum atomic E-state index is 7.80. The molecule has 3 aromatic carbocycles. The predicted octanol–water partition coefficient (Wildman–Crippen LogP) is 4.75. The number of rotatable bonds is 1. The summed E-state index contributed by atoms with van der Waals surface area (Å²) in [6, 6.07) is 21.2. The van der Waals surface area contributed by atoms with Crippen LogP contribution in [-0.2, 0) is 0 Å². The predicted molar refractivity (Wildman–Crippen MR) is 104 cm³/mol. The van der Waals surface area contributed by atoms with Crippen LogP contribution in [0, 0.1) is 5.41 Å². The van der Waals surface area contributed by atoms with Crippen LogP contribution in [0.15, 0.2) is 60.7 Å². The summed E-state index contributed by atoms with van der Waals surface area (Å²) < 4.78 is 0. The van der Waals surface area contributed by atoms with Crippen LogP contribution in [-0.4, -0.2) is 12.5 Å². The summed E-state index contributed by atoms with van der Waals surface area (Å²) in [6.45, 7) is 2.98. The Balaban J connectivity index is 0.00000169. The van der Waals surface area contributed by atoms with Crippen LogP contribution in [0.4, 0.5) is 5.69 Å². The van der Waals surface area contributed by atoms with Gasteiger partial charge in [0.05, 0.1) is 0 Å². The second-order valence-corrected chi connectivity index (χ2v) is 6.16. The first-order valence-electron chi connectivity index (χ1n) is 7.89. The van der Waals surface area contributed by atoms with Gasteiger partial charge in [0.2, 0.25) is 0 Å². The van der Waals surface area contributed by atoms with Crippen molar-refractivity contribution in [2.75, 3.05) is 11.4 Å². The molecule has 1 unspecified atom stereocenters. The van der Waals surface area contributed by atoms with E-state index in [9.17, 15) is 0 Å². The average molecular weight is 338 g/mol. The van der Waals surface area contributed by atoms with Crippen LogP contribution in [0.5, 0.6) is 0 Å². The smallest absolute Gasteiger partial charge is 0.192 e. The lowest BCUT2D eigenvalue weighted by molar-refractivity contribution is 0.822. The maximum absolute atomic E-state index is 7.80. The molecule has 0 radical (unpaired) electrons. The van der Waals surface area contributed by atoms with Crippen molar-refractivity contribution < 1.29 is 0 Å². The van der Waals surface area contributed by atoms with Gasteiger partial charge in [0.1, 0.15) is 0 Å². The summed E-state index contributed by atoms with van der Waals surface area (Å²) in [6.07, 6.45) is 0. The van der Waals surface area contributed by atoms with Crippen molar-refractivity contribution in [1.82, 2.24) is 0 Å².